The number of nitrogens with one attached hydrogen (secondary N) is 2. The summed E-state index contributed by atoms with van der Waals surface area (Å²) in [5, 5.41) is 6.13. The van der Waals surface area contributed by atoms with Gasteiger partial charge in [0.1, 0.15) is 0 Å². The highest BCUT2D eigenvalue weighted by molar-refractivity contribution is 6.06. The second-order valence-electron chi connectivity index (χ2n) is 10.1. The first-order valence-corrected chi connectivity index (χ1v) is 14.6. The van der Waals surface area contributed by atoms with Crippen LogP contribution in [0.15, 0.2) is 54.6 Å². The van der Waals surface area contributed by atoms with Crippen molar-refractivity contribution >= 4 is 23.2 Å². The maximum atomic E-state index is 12.7. The van der Waals surface area contributed by atoms with Gasteiger partial charge in [0.2, 0.25) is 5.91 Å². The van der Waals surface area contributed by atoms with Crippen LogP contribution in [0.5, 0.6) is 0 Å². The van der Waals surface area contributed by atoms with E-state index in [1.165, 1.54) is 83.5 Å². The van der Waals surface area contributed by atoms with Crippen molar-refractivity contribution in [2.75, 3.05) is 30.4 Å². The van der Waals surface area contributed by atoms with Gasteiger partial charge in [-0.1, -0.05) is 109 Å². The lowest BCUT2D eigenvalue weighted by atomic mass is 10.0. The van der Waals surface area contributed by atoms with Gasteiger partial charge in [-0.05, 0) is 49.4 Å². The first kappa shape index (κ1) is 30.6. The van der Waals surface area contributed by atoms with Crippen molar-refractivity contribution in [1.29, 1.82) is 0 Å². The van der Waals surface area contributed by atoms with Crippen molar-refractivity contribution in [2.45, 2.75) is 96.8 Å². The van der Waals surface area contributed by atoms with Crippen molar-refractivity contribution in [2.24, 2.45) is 0 Å². The number of carbonyl (C=O) groups excluding carboxylic acids is 2. The van der Waals surface area contributed by atoms with E-state index in [2.05, 4.69) is 17.6 Å². The predicted octanol–water partition coefficient (Wildman–Crippen LogP) is 7.97. The minimum Gasteiger partial charge on any atom is -0.325 e. The molecule has 204 valence electrons. The molecule has 2 amide bonds. The van der Waals surface area contributed by atoms with E-state index in [4.69, 9.17) is 0 Å². The number of benzene rings is 2. The van der Waals surface area contributed by atoms with E-state index in [0.29, 0.717) is 17.8 Å². The quantitative estimate of drug-likeness (QED) is 0.179. The molecule has 0 heterocycles. The lowest BCUT2D eigenvalue weighted by molar-refractivity contribution is -0.115. The molecule has 0 fully saturated rings. The van der Waals surface area contributed by atoms with Crippen molar-refractivity contribution in [3.05, 3.63) is 60.2 Å². The summed E-state index contributed by atoms with van der Waals surface area (Å²) in [5.41, 5.74) is 2.12. The Kier molecular flexibility index (Phi) is 16.1. The largest absolute Gasteiger partial charge is 0.325 e. The molecule has 0 radical (unpaired) electrons. The molecule has 2 rings (SSSR count). The fourth-order valence-electron chi connectivity index (χ4n) is 4.51. The normalized spacial score (nSPS) is 10.9. The Balaban J connectivity index is 1.46. The molecule has 5 nitrogen and oxygen atoms in total. The SMILES string of the molecule is CCCCCCCCCCCCCCCCNCC(=O)Nc1ccc(C(=O)N(C)c2ccccc2)cc1. The number of carbonyl (C=O) groups is 2. The molecule has 2 aromatic carbocycles. The molecule has 2 N–H and O–H groups in total. The molecule has 2 aromatic rings. The minimum absolute atomic E-state index is 0.0640. The summed E-state index contributed by atoms with van der Waals surface area (Å²) in [7, 11) is 1.76. The predicted molar refractivity (Wildman–Crippen MR) is 157 cm³/mol. The van der Waals surface area contributed by atoms with Gasteiger partial charge in [0.15, 0.2) is 0 Å². The van der Waals surface area contributed by atoms with Crippen molar-refractivity contribution in [3.8, 4) is 0 Å². The highest BCUT2D eigenvalue weighted by Gasteiger charge is 2.13. The van der Waals surface area contributed by atoms with E-state index in [0.717, 1.165) is 18.7 Å². The number of hydrogen-bond donors (Lipinski definition) is 2. The van der Waals surface area contributed by atoms with Crippen LogP contribution >= 0.6 is 0 Å². The van der Waals surface area contributed by atoms with Crippen LogP contribution in [0, 0.1) is 0 Å². The number of rotatable bonds is 20. The summed E-state index contributed by atoms with van der Waals surface area (Å²) in [6.07, 6.45) is 18.9. The van der Waals surface area contributed by atoms with Gasteiger partial charge in [-0.15, -0.1) is 0 Å². The van der Waals surface area contributed by atoms with Crippen LogP contribution in [0.3, 0.4) is 0 Å². The van der Waals surface area contributed by atoms with Crippen molar-refractivity contribution in [3.63, 3.8) is 0 Å². The van der Waals surface area contributed by atoms with Crippen LogP contribution < -0.4 is 15.5 Å². The first-order chi connectivity index (χ1) is 18.1. The van der Waals surface area contributed by atoms with Gasteiger partial charge < -0.3 is 15.5 Å². The number of para-hydroxylation sites is 1. The van der Waals surface area contributed by atoms with Gasteiger partial charge in [0.25, 0.3) is 5.91 Å². The van der Waals surface area contributed by atoms with Crippen LogP contribution in [0.4, 0.5) is 11.4 Å². The third kappa shape index (κ3) is 13.5. The van der Waals surface area contributed by atoms with E-state index in [1.807, 2.05) is 30.3 Å². The fourth-order valence-corrected chi connectivity index (χ4v) is 4.51. The van der Waals surface area contributed by atoms with Crippen LogP contribution in [0.25, 0.3) is 0 Å². The maximum Gasteiger partial charge on any atom is 0.258 e. The monoisotopic (exact) mass is 507 g/mol. The summed E-state index contributed by atoms with van der Waals surface area (Å²) >= 11 is 0. The molecule has 5 heteroatoms. The van der Waals surface area contributed by atoms with E-state index < -0.39 is 0 Å². The molecule has 0 saturated heterocycles. The Morgan fingerprint density at radius 3 is 1.73 bits per heavy atom. The zero-order valence-electron chi connectivity index (χ0n) is 23.3. The number of unbranched alkanes of at least 4 members (excludes halogenated alkanes) is 13. The van der Waals surface area contributed by atoms with Crippen LogP contribution in [0.2, 0.25) is 0 Å². The Bertz CT molecular complexity index is 867. The highest BCUT2D eigenvalue weighted by Crippen LogP contribution is 2.17. The van der Waals surface area contributed by atoms with Crippen molar-refractivity contribution < 1.29 is 9.59 Å². The van der Waals surface area contributed by atoms with Crippen LogP contribution in [0.1, 0.15) is 107 Å². The van der Waals surface area contributed by atoms with Gasteiger partial charge in [-0.2, -0.15) is 0 Å². The summed E-state index contributed by atoms with van der Waals surface area (Å²) in [5.74, 6) is -0.148. The molecule has 0 aliphatic heterocycles. The first-order valence-electron chi connectivity index (χ1n) is 14.6. The average Bonchev–Trinajstić information content (AvgIpc) is 2.93. The average molecular weight is 508 g/mol. The Labute approximate surface area is 225 Å². The molecule has 0 bridgehead atoms. The smallest absolute Gasteiger partial charge is 0.258 e. The van der Waals surface area contributed by atoms with Gasteiger partial charge in [-0.3, -0.25) is 9.59 Å². The Hall–Kier alpha value is -2.66. The van der Waals surface area contributed by atoms with E-state index >= 15 is 0 Å². The number of hydrogen-bond acceptors (Lipinski definition) is 3. The Morgan fingerprint density at radius 2 is 1.19 bits per heavy atom. The summed E-state index contributed by atoms with van der Waals surface area (Å²) in [6.45, 7) is 3.44. The molecule has 0 aliphatic rings. The van der Waals surface area contributed by atoms with Gasteiger partial charge >= 0.3 is 0 Å². The second-order valence-corrected chi connectivity index (χ2v) is 10.1. The molecule has 0 atom stereocenters. The van der Waals surface area contributed by atoms with Gasteiger partial charge in [0, 0.05) is 24.0 Å². The maximum absolute atomic E-state index is 12.7. The van der Waals surface area contributed by atoms with E-state index in [-0.39, 0.29) is 11.8 Å². The van der Waals surface area contributed by atoms with E-state index in [9.17, 15) is 9.59 Å². The molecule has 0 unspecified atom stereocenters. The lowest BCUT2D eigenvalue weighted by Crippen LogP contribution is -2.29. The number of nitrogens with zero attached hydrogens (tertiary/aromatic N) is 1. The number of anilines is 2. The lowest BCUT2D eigenvalue weighted by Gasteiger charge is -2.17. The second kappa shape index (κ2) is 19.5. The topological polar surface area (TPSA) is 61.4 Å². The Morgan fingerprint density at radius 1 is 0.676 bits per heavy atom. The van der Waals surface area contributed by atoms with E-state index in [1.54, 1.807) is 36.2 Å². The van der Waals surface area contributed by atoms with Gasteiger partial charge in [-0.25, -0.2) is 0 Å². The van der Waals surface area contributed by atoms with Gasteiger partial charge in [0.05, 0.1) is 6.54 Å². The van der Waals surface area contributed by atoms with Crippen molar-refractivity contribution in [1.82, 2.24) is 5.32 Å². The summed E-state index contributed by atoms with van der Waals surface area (Å²) < 4.78 is 0. The standard InChI is InChI=1S/C32H49N3O2/c1-3-4-5-6-7-8-9-10-11-12-13-14-15-19-26-33-27-31(36)34-29-24-22-28(23-25-29)32(37)35(2)30-20-17-16-18-21-30/h16-18,20-25,33H,3-15,19,26-27H2,1-2H3,(H,34,36). The molecular weight excluding hydrogens is 458 g/mol. The molecular formula is C32H49N3O2. The molecule has 0 aromatic heterocycles. The molecule has 0 aliphatic carbocycles. The van der Waals surface area contributed by atoms with Crippen LogP contribution in [-0.2, 0) is 4.79 Å². The fraction of sp³-hybridized carbons (Fsp3) is 0.562. The summed E-state index contributed by atoms with van der Waals surface area (Å²) in [6, 6.07) is 16.6. The zero-order valence-corrected chi connectivity index (χ0v) is 23.3. The summed E-state index contributed by atoms with van der Waals surface area (Å²) in [4.78, 5) is 26.5. The third-order valence-corrected chi connectivity index (χ3v) is 6.86. The molecule has 0 spiro atoms. The van der Waals surface area contributed by atoms with Crippen LogP contribution in [-0.4, -0.2) is 32.0 Å². The minimum atomic E-state index is -0.0843. The molecule has 37 heavy (non-hydrogen) atoms. The highest BCUT2D eigenvalue weighted by atomic mass is 16.2. The number of amides is 2. The zero-order chi connectivity index (χ0) is 26.6. The third-order valence-electron chi connectivity index (χ3n) is 6.86. The molecule has 0 saturated carbocycles.